The monoisotopic (exact) mass is 702 g/mol. The summed E-state index contributed by atoms with van der Waals surface area (Å²) in [4.78, 5) is 0. The summed E-state index contributed by atoms with van der Waals surface area (Å²) in [5.41, 5.74) is 0. The molecule has 0 unspecified atom stereocenters. The van der Waals surface area contributed by atoms with E-state index in [9.17, 15) is 42.1 Å². The van der Waals surface area contributed by atoms with E-state index in [1.807, 2.05) is 0 Å². The molecule has 0 aromatic heterocycles. The third-order valence-electron chi connectivity index (χ3n) is 1.75. The van der Waals surface area contributed by atoms with Crippen LogP contribution < -0.4 is 88.7 Å². The van der Waals surface area contributed by atoms with Crippen molar-refractivity contribution in [3.05, 3.63) is 0 Å². The van der Waals surface area contributed by atoms with Crippen molar-refractivity contribution in [3.8, 4) is 0 Å². The second kappa shape index (κ2) is 32.3. The van der Waals surface area contributed by atoms with E-state index in [1.54, 1.807) is 0 Å². The molecule has 0 bridgehead atoms. The third-order valence-corrected chi connectivity index (χ3v) is 5.24. The molecule has 0 aliphatic rings. The van der Waals surface area contributed by atoms with Crippen LogP contribution in [0.25, 0.3) is 0 Å². The van der Waals surface area contributed by atoms with E-state index in [2.05, 4.69) is 0 Å². The van der Waals surface area contributed by atoms with Crippen molar-refractivity contribution >= 4 is 50.6 Å². The van der Waals surface area contributed by atoms with Crippen molar-refractivity contribution in [2.24, 2.45) is 0 Å². The molecule has 38 heavy (non-hydrogen) atoms. The van der Waals surface area contributed by atoms with Gasteiger partial charge in [-0.25, -0.2) is 0 Å². The van der Waals surface area contributed by atoms with Gasteiger partial charge in [-0.1, -0.05) is 0 Å². The van der Waals surface area contributed by atoms with Gasteiger partial charge in [0.15, 0.2) is 0 Å². The van der Waals surface area contributed by atoms with Crippen LogP contribution in [-0.4, -0.2) is 152 Å². The Morgan fingerprint density at radius 3 is 0.395 bits per heavy atom. The maximum atomic E-state index is 9.63. The Labute approximate surface area is 292 Å². The maximum absolute atomic E-state index is 9.63. The van der Waals surface area contributed by atoms with Gasteiger partial charge < -0.3 is 29.8 Å². The van der Waals surface area contributed by atoms with Crippen LogP contribution in [0.1, 0.15) is 4.28 Å². The summed E-state index contributed by atoms with van der Waals surface area (Å²) in [6.45, 7) is -2.64. The number of hydrogen-bond acceptors (Lipinski definition) is 15. The molecular weight excluding hydrogens is 669 g/mol. The molecule has 0 aliphatic heterocycles. The van der Waals surface area contributed by atoms with Crippen LogP contribution in [0.5, 0.6) is 0 Å². The van der Waals surface area contributed by atoms with Gasteiger partial charge in [0.25, 0.3) is 50.6 Å². The van der Waals surface area contributed by atoms with Gasteiger partial charge in [0.05, 0.1) is 61.8 Å². The van der Waals surface area contributed by atoms with Crippen molar-refractivity contribution in [2.75, 3.05) is 61.8 Å². The molecule has 0 rings (SSSR count). The fourth-order valence-electron chi connectivity index (χ4n) is 0.577. The van der Waals surface area contributed by atoms with Gasteiger partial charge in [0.1, 0.15) is 0 Å². The molecule has 0 amide bonds. The molecular formula is C10H33Na3O20S5. The quantitative estimate of drug-likeness (QED) is 0.0746. The summed E-state index contributed by atoms with van der Waals surface area (Å²) in [5, 5.41) is 39.3. The average Bonchev–Trinajstić information content (AvgIpc) is 2.51. The molecule has 0 aliphatic carbocycles. The van der Waals surface area contributed by atoms with E-state index in [0.29, 0.717) is 0 Å². The zero-order valence-corrected chi connectivity index (χ0v) is 30.7. The fourth-order valence-corrected chi connectivity index (χ4v) is 1.73. The Morgan fingerprint density at radius 2 is 0.395 bits per heavy atom. The minimum atomic E-state index is -3.92. The molecule has 0 heterocycles. The van der Waals surface area contributed by atoms with Crippen molar-refractivity contribution < 1.29 is 183 Å². The van der Waals surface area contributed by atoms with Crippen LogP contribution >= 0.6 is 0 Å². The molecule has 226 valence electrons. The van der Waals surface area contributed by atoms with Crippen LogP contribution in [0.3, 0.4) is 0 Å². The first-order valence-electron chi connectivity index (χ1n) is 8.10. The second-order valence-corrected chi connectivity index (χ2v) is 12.9. The molecule has 10 N–H and O–H groups in total. The van der Waals surface area contributed by atoms with E-state index >= 15 is 0 Å². The van der Waals surface area contributed by atoms with Gasteiger partial charge in [-0.3, -0.25) is 22.8 Å². The van der Waals surface area contributed by atoms with Crippen molar-refractivity contribution in [1.82, 2.24) is 0 Å². The van der Waals surface area contributed by atoms with Gasteiger partial charge in [-0.05, 0) is 0 Å². The van der Waals surface area contributed by atoms with E-state index < -0.39 is 112 Å². The van der Waals surface area contributed by atoms with Crippen LogP contribution in [-0.2, 0) is 50.6 Å². The minimum absolute atomic E-state index is 0. The van der Waals surface area contributed by atoms with Crippen LogP contribution in [0.2, 0.25) is 0 Å². The van der Waals surface area contributed by atoms with Crippen molar-refractivity contribution in [3.63, 3.8) is 0 Å². The summed E-state index contributed by atoms with van der Waals surface area (Å²) >= 11 is 0. The SMILES string of the molecule is O=S(=O)(O)CCO.O=S(=O)(O)CCO.O=S(=O)(O)CCO.O=S(=O)(O)CCO.O=S(=O)(O)CCO.[H-].[H-].[H-].[Na+].[Na+].[Na+]. The second-order valence-electron chi connectivity index (χ2n) is 5.05. The molecule has 0 saturated heterocycles. The first-order valence-corrected chi connectivity index (χ1v) is 16.1. The largest absolute Gasteiger partial charge is 1.00 e. The average molecular weight is 703 g/mol. The first kappa shape index (κ1) is 59.7. The smallest absolute Gasteiger partial charge is 1.00 e. The Kier molecular flexibility index (Phi) is 50.7. The first-order chi connectivity index (χ1) is 15.3. The molecule has 0 aromatic rings. The molecule has 0 spiro atoms. The molecule has 0 fully saturated rings. The normalized spacial score (nSPS) is 10.8. The van der Waals surface area contributed by atoms with Gasteiger partial charge in [0.2, 0.25) is 0 Å². The van der Waals surface area contributed by atoms with Gasteiger partial charge in [-0.2, -0.15) is 42.1 Å². The fraction of sp³-hybridized carbons (Fsp3) is 1.00. The molecule has 28 heteroatoms. The standard InChI is InChI=1S/5C2H6O4S.3Na.3H/c5*3-1-2-7(4,5)6;;;;;;/h5*3H,1-2H2,(H,4,5,6);;;;;;/q;;;;;3*+1;3*-1. The minimum Gasteiger partial charge on any atom is -1.00 e. The summed E-state index contributed by atoms with van der Waals surface area (Å²) in [7, 11) is -19.6. The number of aliphatic hydroxyl groups excluding tert-OH is 5. The number of hydrogen-bond donors (Lipinski definition) is 10. The Morgan fingerprint density at radius 1 is 0.316 bits per heavy atom. The topological polar surface area (TPSA) is 373 Å². The maximum Gasteiger partial charge on any atom is 1.00 e. The van der Waals surface area contributed by atoms with E-state index in [1.165, 1.54) is 0 Å². The summed E-state index contributed by atoms with van der Waals surface area (Å²) < 4.78 is 135. The number of aliphatic hydroxyl groups is 5. The molecule has 0 aromatic carbocycles. The van der Waals surface area contributed by atoms with E-state index in [4.69, 9.17) is 48.3 Å². The Bertz CT molecular complexity index is 841. The predicted molar refractivity (Wildman–Crippen MR) is 121 cm³/mol. The summed E-state index contributed by atoms with van der Waals surface area (Å²) in [6, 6.07) is 0. The Balaban J connectivity index is -0.0000000294. The van der Waals surface area contributed by atoms with Crippen LogP contribution in [0.4, 0.5) is 0 Å². The summed E-state index contributed by atoms with van der Waals surface area (Å²) in [6.07, 6.45) is 0. The van der Waals surface area contributed by atoms with Crippen molar-refractivity contribution in [2.45, 2.75) is 0 Å². The van der Waals surface area contributed by atoms with E-state index in [0.717, 1.165) is 0 Å². The van der Waals surface area contributed by atoms with Gasteiger partial charge in [-0.15, -0.1) is 0 Å². The number of rotatable bonds is 10. The van der Waals surface area contributed by atoms with Gasteiger partial charge >= 0.3 is 88.7 Å². The van der Waals surface area contributed by atoms with E-state index in [-0.39, 0.29) is 93.0 Å². The zero-order valence-electron chi connectivity index (χ0n) is 23.7. The van der Waals surface area contributed by atoms with Crippen LogP contribution in [0, 0.1) is 0 Å². The van der Waals surface area contributed by atoms with Crippen molar-refractivity contribution in [1.29, 1.82) is 0 Å². The molecule has 0 atom stereocenters. The third kappa shape index (κ3) is 107. The van der Waals surface area contributed by atoms with Gasteiger partial charge in [0, 0.05) is 0 Å². The molecule has 0 saturated carbocycles. The predicted octanol–water partition coefficient (Wildman–Crippen LogP) is -14.3. The van der Waals surface area contributed by atoms with Crippen LogP contribution in [0.15, 0.2) is 0 Å². The zero-order chi connectivity index (χ0) is 29.6. The summed E-state index contributed by atoms with van der Waals surface area (Å²) in [5.74, 6) is -2.88. The molecule has 20 nitrogen and oxygen atoms in total. The Hall–Kier alpha value is 2.35. The molecule has 0 radical (unpaired) electrons.